The molecule has 0 saturated carbocycles. The normalized spacial score (nSPS) is 23.7. The van der Waals surface area contributed by atoms with E-state index in [1.165, 1.54) is 16.2 Å². The molecule has 1 saturated heterocycles. The largest absolute Gasteiger partial charge is 0.479 e. The lowest BCUT2D eigenvalue weighted by Gasteiger charge is -2.38. The quantitative estimate of drug-likeness (QED) is 0.704. The van der Waals surface area contributed by atoms with Crippen LogP contribution >= 0.6 is 11.3 Å². The highest BCUT2D eigenvalue weighted by molar-refractivity contribution is 7.07. The number of thiazole rings is 1. The van der Waals surface area contributed by atoms with Crippen LogP contribution in [0.15, 0.2) is 35.2 Å². The number of nitriles is 1. The van der Waals surface area contributed by atoms with Crippen molar-refractivity contribution in [3.05, 3.63) is 52.0 Å². The Hall–Kier alpha value is -2.72. The van der Waals surface area contributed by atoms with Gasteiger partial charge in [0.2, 0.25) is 0 Å². The maximum atomic E-state index is 13.8. The van der Waals surface area contributed by atoms with Gasteiger partial charge in [-0.1, -0.05) is 46.8 Å². The van der Waals surface area contributed by atoms with Gasteiger partial charge in [0, 0.05) is 10.9 Å². The summed E-state index contributed by atoms with van der Waals surface area (Å²) in [6, 6.07) is 8.89. The molecule has 1 aliphatic heterocycles. The molecule has 2 aromatic rings. The van der Waals surface area contributed by atoms with E-state index in [1.54, 1.807) is 23.0 Å². The third-order valence-corrected chi connectivity index (χ3v) is 6.56. The van der Waals surface area contributed by atoms with Gasteiger partial charge in [-0.15, -0.1) is 11.3 Å². The lowest BCUT2D eigenvalue weighted by atomic mass is 9.83. The minimum Gasteiger partial charge on any atom is -0.479 e. The monoisotopic (exact) mass is 439 g/mol. The number of carbonyl (C=O) groups is 2. The average molecular weight is 440 g/mol. The highest BCUT2D eigenvalue weighted by Crippen LogP contribution is 2.50. The van der Waals surface area contributed by atoms with Gasteiger partial charge in [-0.2, -0.15) is 5.26 Å². The second kappa shape index (κ2) is 8.43. The third kappa shape index (κ3) is 4.22. The predicted molar refractivity (Wildman–Crippen MR) is 120 cm³/mol. The van der Waals surface area contributed by atoms with Gasteiger partial charge in [0.15, 0.2) is 0 Å². The van der Waals surface area contributed by atoms with Crippen LogP contribution in [0.3, 0.4) is 0 Å². The van der Waals surface area contributed by atoms with Crippen molar-refractivity contribution in [2.75, 3.05) is 0 Å². The summed E-state index contributed by atoms with van der Waals surface area (Å²) in [5.41, 5.74) is 2.20. The van der Waals surface area contributed by atoms with Crippen LogP contribution in [-0.4, -0.2) is 32.4 Å². The molecule has 0 bridgehead atoms. The van der Waals surface area contributed by atoms with Gasteiger partial charge in [0.25, 0.3) is 5.91 Å². The van der Waals surface area contributed by atoms with Crippen LogP contribution in [0.5, 0.6) is 0 Å². The van der Waals surface area contributed by atoms with Gasteiger partial charge in [-0.05, 0) is 41.9 Å². The molecule has 2 heterocycles. The van der Waals surface area contributed by atoms with Gasteiger partial charge in [-0.25, -0.2) is 9.78 Å². The van der Waals surface area contributed by atoms with E-state index in [1.807, 2.05) is 26.0 Å². The number of hydrogen-bond acceptors (Lipinski definition) is 5. The number of rotatable bonds is 5. The fraction of sp³-hybridized carbons (Fsp3) is 0.500. The molecule has 3 rings (SSSR count). The van der Waals surface area contributed by atoms with E-state index in [-0.39, 0.29) is 30.1 Å². The fourth-order valence-corrected chi connectivity index (χ4v) is 5.13. The predicted octanol–water partition coefficient (Wildman–Crippen LogP) is 5.04. The van der Waals surface area contributed by atoms with Crippen LogP contribution in [0.1, 0.15) is 75.1 Å². The Labute approximate surface area is 187 Å². The minimum atomic E-state index is -1.46. The second-order valence-corrected chi connectivity index (χ2v) is 10.5. The van der Waals surface area contributed by atoms with E-state index in [2.05, 4.69) is 31.8 Å². The summed E-state index contributed by atoms with van der Waals surface area (Å²) in [6.07, 6.45) is 0.359. The molecule has 1 amide bonds. The first-order valence-electron chi connectivity index (χ1n) is 10.5. The zero-order valence-electron chi connectivity index (χ0n) is 18.6. The first kappa shape index (κ1) is 23.0. The summed E-state index contributed by atoms with van der Waals surface area (Å²) in [6.45, 7) is 10.2. The summed E-state index contributed by atoms with van der Waals surface area (Å²) in [5.74, 6) is -2.06. The number of amides is 1. The molecular weight excluding hydrogens is 410 g/mol. The van der Waals surface area contributed by atoms with Crippen molar-refractivity contribution in [1.82, 2.24) is 9.88 Å². The first-order chi connectivity index (χ1) is 14.5. The van der Waals surface area contributed by atoms with Gasteiger partial charge < -0.3 is 10.0 Å². The average Bonchev–Trinajstić information content (AvgIpc) is 3.32. The topological polar surface area (TPSA) is 94.3 Å². The van der Waals surface area contributed by atoms with E-state index < -0.39 is 23.5 Å². The number of carboxylic acid groups (broad SMARTS) is 1. The summed E-state index contributed by atoms with van der Waals surface area (Å²) < 4.78 is 0. The van der Waals surface area contributed by atoms with Crippen molar-refractivity contribution in [3.8, 4) is 6.07 Å². The highest BCUT2D eigenvalue weighted by atomic mass is 32.1. The number of carboxylic acids is 1. The van der Waals surface area contributed by atoms with Crippen LogP contribution in [-0.2, 0) is 10.2 Å². The van der Waals surface area contributed by atoms with Gasteiger partial charge in [0.05, 0.1) is 29.2 Å². The molecule has 1 aliphatic rings. The molecule has 1 fully saturated rings. The maximum absolute atomic E-state index is 13.8. The Kier molecular flexibility index (Phi) is 6.24. The van der Waals surface area contributed by atoms with Crippen LogP contribution in [0.2, 0.25) is 0 Å². The van der Waals surface area contributed by atoms with Crippen LogP contribution < -0.4 is 0 Å². The zero-order valence-corrected chi connectivity index (χ0v) is 19.4. The summed E-state index contributed by atoms with van der Waals surface area (Å²) in [4.78, 5) is 32.2. The molecule has 0 spiro atoms. The summed E-state index contributed by atoms with van der Waals surface area (Å²) in [7, 11) is 0. The zero-order chi connectivity index (χ0) is 23.0. The number of hydrogen-bond donors (Lipinski definition) is 1. The molecule has 1 aromatic heterocycles. The molecule has 31 heavy (non-hydrogen) atoms. The van der Waals surface area contributed by atoms with Crippen molar-refractivity contribution in [2.24, 2.45) is 11.8 Å². The van der Waals surface area contributed by atoms with E-state index in [4.69, 9.17) is 0 Å². The van der Waals surface area contributed by atoms with Crippen molar-refractivity contribution in [3.63, 3.8) is 0 Å². The molecule has 0 unspecified atom stereocenters. The number of aromatic nitrogens is 1. The van der Waals surface area contributed by atoms with E-state index in [0.717, 1.165) is 5.56 Å². The maximum Gasteiger partial charge on any atom is 0.329 e. The number of nitrogens with zero attached hydrogens (tertiary/aromatic N) is 3. The minimum absolute atomic E-state index is 0.0307. The molecule has 164 valence electrons. The van der Waals surface area contributed by atoms with E-state index in [9.17, 15) is 20.0 Å². The first-order valence-corrected chi connectivity index (χ1v) is 11.4. The standard InChI is InChI=1S/C24H29N3O3S/c1-15(2)10-24(22(29)30)11-17(12-25)20(19-13-31-14-26-19)27(24)21(28)16-6-8-18(9-7-16)23(3,4)5/h6-9,13-15,17,20H,10-11H2,1-5H3,(H,29,30)/t17-,20-,24+/m1/s1. The molecular formula is C24H29N3O3S. The van der Waals surface area contributed by atoms with Crippen LogP contribution in [0.25, 0.3) is 0 Å². The van der Waals surface area contributed by atoms with Gasteiger partial charge in [-0.3, -0.25) is 4.79 Å². The molecule has 1 N–H and O–H groups in total. The SMILES string of the molecule is CC(C)C[C@@]1(C(=O)O)C[C@H](C#N)[C@H](c2cscn2)N1C(=O)c1ccc(C(C)(C)C)cc1. The van der Waals surface area contributed by atoms with E-state index >= 15 is 0 Å². The number of likely N-dealkylation sites (tertiary alicyclic amines) is 1. The molecule has 3 atom stereocenters. The second-order valence-electron chi connectivity index (χ2n) is 9.74. The lowest BCUT2D eigenvalue weighted by Crippen LogP contribution is -2.54. The highest BCUT2D eigenvalue weighted by Gasteiger charge is 2.59. The number of aliphatic carboxylic acids is 1. The summed E-state index contributed by atoms with van der Waals surface area (Å²) >= 11 is 1.37. The molecule has 6 nitrogen and oxygen atoms in total. The van der Waals surface area contributed by atoms with Gasteiger partial charge >= 0.3 is 5.97 Å². The Bertz CT molecular complexity index is 987. The third-order valence-electron chi connectivity index (χ3n) is 5.96. The summed E-state index contributed by atoms with van der Waals surface area (Å²) in [5, 5.41) is 22.0. The Morgan fingerprint density at radius 3 is 2.42 bits per heavy atom. The lowest BCUT2D eigenvalue weighted by molar-refractivity contribution is -0.150. The molecule has 0 radical (unpaired) electrons. The van der Waals surface area contributed by atoms with Crippen molar-refractivity contribution >= 4 is 23.2 Å². The van der Waals surface area contributed by atoms with Crippen LogP contribution in [0.4, 0.5) is 0 Å². The van der Waals surface area contributed by atoms with Crippen molar-refractivity contribution < 1.29 is 14.7 Å². The van der Waals surface area contributed by atoms with Crippen molar-refractivity contribution in [1.29, 1.82) is 5.26 Å². The molecule has 7 heteroatoms. The number of carbonyl (C=O) groups excluding carboxylic acids is 1. The Morgan fingerprint density at radius 1 is 1.32 bits per heavy atom. The van der Waals surface area contributed by atoms with Crippen molar-refractivity contribution in [2.45, 2.75) is 64.5 Å². The molecule has 0 aliphatic carbocycles. The molecule has 1 aromatic carbocycles. The fourth-order valence-electron chi connectivity index (χ4n) is 4.55. The Balaban J connectivity index is 2.14. The Morgan fingerprint density at radius 2 is 1.97 bits per heavy atom. The van der Waals surface area contributed by atoms with Gasteiger partial charge in [0.1, 0.15) is 5.54 Å². The van der Waals surface area contributed by atoms with E-state index in [0.29, 0.717) is 11.3 Å². The number of benzene rings is 1. The van der Waals surface area contributed by atoms with Crippen LogP contribution in [0, 0.1) is 23.2 Å². The smallest absolute Gasteiger partial charge is 0.329 e.